The highest BCUT2D eigenvalue weighted by atomic mass is 35.5. The molecule has 3 aromatic heterocycles. The van der Waals surface area contributed by atoms with E-state index in [1.807, 2.05) is 0 Å². The Hall–Kier alpha value is -6.91. The molecule has 8 rings (SSSR count). The fraction of sp³-hybridized carbons (Fsp3) is 0.409. The molecule has 23 nitrogen and oxygen atoms in total. The van der Waals surface area contributed by atoms with Crippen LogP contribution in [-0.4, -0.2) is 117 Å². The Kier molecular flexibility index (Phi) is 18.9. The van der Waals surface area contributed by atoms with Crippen molar-refractivity contribution in [2.24, 2.45) is 0 Å². The molecule has 0 radical (unpaired) electrons. The van der Waals surface area contributed by atoms with Crippen molar-refractivity contribution in [3.8, 4) is 0 Å². The van der Waals surface area contributed by atoms with Gasteiger partial charge in [0.1, 0.15) is 66.4 Å². The zero-order valence-electron chi connectivity index (χ0n) is 38.9. The van der Waals surface area contributed by atoms with Crippen molar-refractivity contribution in [2.45, 2.75) is 93.1 Å². The van der Waals surface area contributed by atoms with Crippen LogP contribution in [-0.2, 0) is 42.2 Å². The van der Waals surface area contributed by atoms with Gasteiger partial charge in [-0.05, 0) is 48.5 Å². The number of H-pyrrole nitrogens is 3. The van der Waals surface area contributed by atoms with Crippen LogP contribution >= 0.6 is 23.2 Å². The molecule has 0 aliphatic carbocycles. The number of aliphatic hydroxyl groups excluding tert-OH is 4. The molecule has 2 aromatic carbocycles. The maximum atomic E-state index is 13.0. The van der Waals surface area contributed by atoms with Crippen molar-refractivity contribution in [3.05, 3.63) is 167 Å². The molecular weight excluding hydrogens is 1130 g/mol. The average Bonchev–Trinajstić information content (AvgIpc) is 4.11. The maximum Gasteiger partial charge on any atom is 0.423 e. The second-order valence-electron chi connectivity index (χ2n) is 16.8. The summed E-state index contributed by atoms with van der Waals surface area (Å²) in [7, 11) is 0. The minimum absolute atomic E-state index is 0.162. The first-order valence-corrected chi connectivity index (χ1v) is 22.9. The van der Waals surface area contributed by atoms with Gasteiger partial charge in [0.2, 0.25) is 0 Å². The summed E-state index contributed by atoms with van der Waals surface area (Å²) in [5.41, 5.74) is -12.4. The number of esters is 2. The molecule has 0 unspecified atom stereocenters. The Morgan fingerprint density at radius 1 is 0.538 bits per heavy atom. The smallest absolute Gasteiger partial charge is 0.423 e. The molecule has 3 fully saturated rings. The number of nitrogens with one attached hydrogen (secondary N) is 3. The first-order chi connectivity index (χ1) is 36.4. The number of nitrogens with zero attached hydrogens (tertiary/aromatic N) is 3. The number of aliphatic hydroxyl groups is 4. The van der Waals surface area contributed by atoms with E-state index in [9.17, 15) is 93.2 Å². The van der Waals surface area contributed by atoms with Crippen molar-refractivity contribution in [1.29, 1.82) is 0 Å². The molecule has 424 valence electrons. The highest BCUT2D eigenvalue weighted by Crippen LogP contribution is 2.34. The van der Waals surface area contributed by atoms with Crippen LogP contribution in [0, 0.1) is 0 Å². The molecule has 9 atom stereocenters. The topological polar surface area (TPSA) is 326 Å². The molecule has 78 heavy (non-hydrogen) atoms. The van der Waals surface area contributed by atoms with E-state index < -0.39 is 156 Å². The van der Waals surface area contributed by atoms with Crippen molar-refractivity contribution in [3.63, 3.8) is 0 Å². The zero-order chi connectivity index (χ0) is 57.8. The van der Waals surface area contributed by atoms with Crippen LogP contribution in [0.1, 0.15) is 75.4 Å². The van der Waals surface area contributed by atoms with Gasteiger partial charge >= 0.3 is 47.5 Å². The van der Waals surface area contributed by atoms with Crippen molar-refractivity contribution in [1.82, 2.24) is 28.7 Å². The van der Waals surface area contributed by atoms with Crippen LogP contribution in [0.2, 0.25) is 10.0 Å². The van der Waals surface area contributed by atoms with Crippen molar-refractivity contribution >= 4 is 35.1 Å². The Balaban J connectivity index is 0.000000193. The van der Waals surface area contributed by atoms with E-state index >= 15 is 0 Å². The number of benzene rings is 2. The quantitative estimate of drug-likeness (QED) is 0.0781. The molecule has 6 heterocycles. The van der Waals surface area contributed by atoms with Gasteiger partial charge in [0.15, 0.2) is 0 Å². The van der Waals surface area contributed by atoms with Gasteiger partial charge in [-0.25, -0.2) is 24.0 Å². The largest absolute Gasteiger partial charge is 0.459 e. The van der Waals surface area contributed by atoms with Crippen LogP contribution < -0.4 is 33.7 Å². The summed E-state index contributed by atoms with van der Waals surface area (Å²) in [6.45, 7) is -1.55. The first kappa shape index (κ1) is 60.3. The predicted octanol–water partition coefficient (Wildman–Crippen LogP) is 2.62. The Labute approximate surface area is 436 Å². The molecular formula is C44H39Cl2F9N6O17. The number of halogens is 11. The highest BCUT2D eigenvalue weighted by Gasteiger charge is 2.43. The zero-order valence-corrected chi connectivity index (χ0v) is 40.4. The van der Waals surface area contributed by atoms with Crippen molar-refractivity contribution < 1.29 is 93.2 Å². The molecule has 0 bridgehead atoms. The minimum Gasteiger partial charge on any atom is -0.459 e. The highest BCUT2D eigenvalue weighted by molar-refractivity contribution is 6.31. The summed E-state index contributed by atoms with van der Waals surface area (Å²) in [5.74, 6) is -1.49. The Morgan fingerprint density at radius 3 is 1.23 bits per heavy atom. The lowest BCUT2D eigenvalue weighted by Crippen LogP contribution is -2.36. The molecule has 34 heteroatoms. The standard InChI is InChI=1S/2C17H14ClF3N2O6.C10H11F3N2O5/c18-9-3-1-8(2-4-9)15(26)28-7-12-11(24)5-13(29-12)23-6-10(17(19,20)21)14(25)22-16(23)27;18-9-3-1-8(2-4-9)15(26)29-11-5-13(28-12(11)7-24)23-6-10(17(19,20)21)14(25)22-16(23)27;11-10(12,13)4-2-15(9(19)14-8(4)18)7-1-5(17)6(3-16)20-7/h2*1-4,6,11-13,24H,5,7H2,(H,22,25,27);2,5-7,16-17H,1,3H2,(H,14,18,19)/t2*11-,12-,13-;5-,6-,7-/m111/s1. The number of hydrogen-bond acceptors (Lipinski definition) is 17. The first-order valence-electron chi connectivity index (χ1n) is 22.1. The summed E-state index contributed by atoms with van der Waals surface area (Å²) in [5, 5.41) is 38.7. The van der Waals surface area contributed by atoms with E-state index in [4.69, 9.17) is 52.0 Å². The number of hydrogen-bond donors (Lipinski definition) is 7. The monoisotopic (exact) mass is 1160 g/mol. The number of alkyl halides is 9. The Morgan fingerprint density at radius 2 is 0.872 bits per heavy atom. The number of carbonyl (C=O) groups is 2. The van der Waals surface area contributed by atoms with Gasteiger partial charge in [0.25, 0.3) is 16.7 Å². The summed E-state index contributed by atoms with van der Waals surface area (Å²) in [4.78, 5) is 98.2. The third-order valence-corrected chi connectivity index (χ3v) is 12.0. The molecule has 5 aromatic rings. The molecule has 0 saturated carbocycles. The van der Waals surface area contributed by atoms with Crippen LogP contribution in [0.3, 0.4) is 0 Å². The van der Waals surface area contributed by atoms with Gasteiger partial charge in [-0.1, -0.05) is 23.2 Å². The third-order valence-electron chi connectivity index (χ3n) is 11.5. The molecule has 3 aliphatic rings. The summed E-state index contributed by atoms with van der Waals surface area (Å²) >= 11 is 11.5. The fourth-order valence-electron chi connectivity index (χ4n) is 7.57. The lowest BCUT2D eigenvalue weighted by molar-refractivity contribution is -0.140. The van der Waals surface area contributed by atoms with Gasteiger partial charge in [0.05, 0.1) is 36.5 Å². The number of rotatable bonds is 10. The molecule has 7 N–H and O–H groups in total. The van der Waals surface area contributed by atoms with Gasteiger partial charge in [-0.15, -0.1) is 0 Å². The number of aromatic nitrogens is 6. The van der Waals surface area contributed by atoms with Gasteiger partial charge in [-0.2, -0.15) is 39.5 Å². The normalized spacial score (nSPS) is 23.2. The number of ether oxygens (including phenoxy) is 5. The van der Waals surface area contributed by atoms with Crippen molar-refractivity contribution in [2.75, 3.05) is 19.8 Å². The number of carbonyl (C=O) groups excluding carboxylic acids is 2. The fourth-order valence-corrected chi connectivity index (χ4v) is 7.82. The van der Waals surface area contributed by atoms with E-state index in [0.717, 1.165) is 0 Å². The summed E-state index contributed by atoms with van der Waals surface area (Å²) in [6, 6.07) is 11.6. The second-order valence-corrected chi connectivity index (χ2v) is 17.6. The lowest BCUT2D eigenvalue weighted by atomic mass is 10.1. The van der Waals surface area contributed by atoms with Gasteiger partial charge in [-0.3, -0.25) is 43.0 Å². The second kappa shape index (κ2) is 24.4. The minimum atomic E-state index is -4.99. The molecule has 3 aliphatic heterocycles. The van der Waals surface area contributed by atoms with E-state index in [1.54, 1.807) is 15.0 Å². The van der Waals surface area contributed by atoms with Crippen LogP contribution in [0.5, 0.6) is 0 Å². The van der Waals surface area contributed by atoms with Crippen LogP contribution in [0.4, 0.5) is 39.5 Å². The molecule has 3 saturated heterocycles. The van der Waals surface area contributed by atoms with E-state index in [-0.39, 0.29) is 30.4 Å². The van der Waals surface area contributed by atoms with Gasteiger partial charge < -0.3 is 44.1 Å². The van der Waals surface area contributed by atoms with Gasteiger partial charge in [0, 0.05) is 47.9 Å². The van der Waals surface area contributed by atoms with E-state index in [0.29, 0.717) is 42.3 Å². The molecule has 0 spiro atoms. The average molecular weight is 1170 g/mol. The number of aromatic amines is 3. The van der Waals surface area contributed by atoms with Crippen LogP contribution in [0.25, 0.3) is 0 Å². The predicted molar refractivity (Wildman–Crippen MR) is 243 cm³/mol. The summed E-state index contributed by atoms with van der Waals surface area (Å²) in [6.07, 6.45) is -24.8. The van der Waals surface area contributed by atoms with E-state index in [1.165, 1.54) is 48.5 Å². The maximum absolute atomic E-state index is 13.0. The van der Waals surface area contributed by atoms with E-state index in [2.05, 4.69) is 0 Å². The SMILES string of the molecule is O=C(OC[C@H]1O[C@@H](n2cc(C(F)(F)F)c(=O)[nH]c2=O)C[C@H]1O)c1ccc(Cl)cc1.O=C(O[C@@H]1C[C@H](n2cc(C(F)(F)F)c(=O)[nH]c2=O)O[C@@H]1CO)c1ccc(Cl)cc1.O=c1[nH]c(=O)n([C@H]2C[C@@H](O)[C@@H](CO)O2)cc1C(F)(F)F. The third kappa shape index (κ3) is 14.6. The Bertz CT molecular complexity index is 3330. The van der Waals surface area contributed by atoms with Crippen LogP contribution in [0.15, 0.2) is 95.9 Å². The lowest BCUT2D eigenvalue weighted by Gasteiger charge is -2.17. The summed E-state index contributed by atoms with van der Waals surface area (Å²) < 4.78 is 143. The molecule has 0 amide bonds.